The molecule has 0 fully saturated rings. The molecule has 2 unspecified atom stereocenters. The van der Waals surface area contributed by atoms with Crippen LogP contribution < -0.4 is 5.32 Å². The van der Waals surface area contributed by atoms with Crippen molar-refractivity contribution >= 4 is 5.91 Å². The van der Waals surface area contributed by atoms with Gasteiger partial charge >= 0.3 is 0 Å². The first-order chi connectivity index (χ1) is 26.2. The summed E-state index contributed by atoms with van der Waals surface area (Å²) in [7, 11) is 0. The van der Waals surface area contributed by atoms with Gasteiger partial charge in [0.05, 0.1) is 18.8 Å². The quantitative estimate of drug-likeness (QED) is 0.0431. The zero-order valence-electron chi connectivity index (χ0n) is 35.5. The summed E-state index contributed by atoms with van der Waals surface area (Å²) in [5, 5.41) is 23.1. The Hall–Kier alpha value is -1.65. The van der Waals surface area contributed by atoms with Crippen molar-refractivity contribution in [3.8, 4) is 0 Å². The second kappa shape index (κ2) is 44.7. The molecular formula is C49H91NO3. The Labute approximate surface area is 331 Å². The van der Waals surface area contributed by atoms with E-state index < -0.39 is 12.1 Å². The van der Waals surface area contributed by atoms with Crippen molar-refractivity contribution in [3.63, 3.8) is 0 Å². The van der Waals surface area contributed by atoms with Gasteiger partial charge in [0.2, 0.25) is 5.91 Å². The van der Waals surface area contributed by atoms with Crippen molar-refractivity contribution < 1.29 is 15.0 Å². The van der Waals surface area contributed by atoms with Crippen LogP contribution in [-0.4, -0.2) is 34.9 Å². The van der Waals surface area contributed by atoms with Gasteiger partial charge in [0, 0.05) is 6.42 Å². The maximum absolute atomic E-state index is 12.4. The monoisotopic (exact) mass is 742 g/mol. The Bertz CT molecular complexity index is 847. The lowest BCUT2D eigenvalue weighted by Crippen LogP contribution is -2.45. The molecule has 0 saturated carbocycles. The first-order valence-corrected chi connectivity index (χ1v) is 23.3. The van der Waals surface area contributed by atoms with E-state index in [-0.39, 0.29) is 12.5 Å². The number of unbranched alkanes of at least 4 members (excludes halogenated alkanes) is 27. The number of rotatable bonds is 42. The minimum atomic E-state index is -0.656. The third kappa shape index (κ3) is 41.4. The molecule has 4 heteroatoms. The summed E-state index contributed by atoms with van der Waals surface area (Å²) in [6.45, 7) is 4.23. The van der Waals surface area contributed by atoms with Crippen molar-refractivity contribution in [2.45, 2.75) is 251 Å². The first-order valence-electron chi connectivity index (χ1n) is 23.3. The van der Waals surface area contributed by atoms with Crippen LogP contribution in [0, 0.1) is 0 Å². The molecule has 0 aliphatic heterocycles. The lowest BCUT2D eigenvalue weighted by atomic mass is 10.0. The highest BCUT2D eigenvalue weighted by atomic mass is 16.3. The van der Waals surface area contributed by atoms with E-state index in [0.29, 0.717) is 12.8 Å². The molecule has 310 valence electrons. The van der Waals surface area contributed by atoms with E-state index in [2.05, 4.69) is 67.8 Å². The number of carbonyl (C=O) groups is 1. The predicted molar refractivity (Wildman–Crippen MR) is 235 cm³/mol. The highest BCUT2D eigenvalue weighted by Crippen LogP contribution is 2.16. The first kappa shape index (κ1) is 51.4. The molecule has 0 spiro atoms. The molecule has 0 aliphatic carbocycles. The van der Waals surface area contributed by atoms with E-state index in [0.717, 1.165) is 51.4 Å². The Morgan fingerprint density at radius 2 is 0.830 bits per heavy atom. The summed E-state index contributed by atoms with van der Waals surface area (Å²) in [6, 6.07) is -0.533. The average Bonchev–Trinajstić information content (AvgIpc) is 3.16. The summed E-state index contributed by atoms with van der Waals surface area (Å²) < 4.78 is 0. The number of allylic oxidation sites excluding steroid dienone is 8. The largest absolute Gasteiger partial charge is 0.394 e. The predicted octanol–water partition coefficient (Wildman–Crippen LogP) is 14.7. The second-order valence-electron chi connectivity index (χ2n) is 15.8. The molecule has 0 bridgehead atoms. The summed E-state index contributed by atoms with van der Waals surface area (Å²) >= 11 is 0. The van der Waals surface area contributed by atoms with Crippen LogP contribution in [0.25, 0.3) is 0 Å². The number of nitrogens with one attached hydrogen (secondary N) is 1. The van der Waals surface area contributed by atoms with Gasteiger partial charge in [-0.1, -0.05) is 229 Å². The number of amides is 1. The number of carbonyl (C=O) groups excluding carboxylic acids is 1. The van der Waals surface area contributed by atoms with E-state index in [1.54, 1.807) is 0 Å². The second-order valence-corrected chi connectivity index (χ2v) is 15.8. The maximum atomic E-state index is 12.4. The number of aliphatic hydroxyl groups excluding tert-OH is 2. The fourth-order valence-corrected chi connectivity index (χ4v) is 7.06. The summed E-state index contributed by atoms with van der Waals surface area (Å²) in [6.07, 6.45) is 60.7. The number of hydrogen-bond acceptors (Lipinski definition) is 3. The van der Waals surface area contributed by atoms with Crippen molar-refractivity contribution in [1.82, 2.24) is 5.32 Å². The highest BCUT2D eigenvalue weighted by molar-refractivity contribution is 5.76. The third-order valence-electron chi connectivity index (χ3n) is 10.6. The topological polar surface area (TPSA) is 69.6 Å². The smallest absolute Gasteiger partial charge is 0.220 e. The fraction of sp³-hybridized carbons (Fsp3) is 0.816. The van der Waals surface area contributed by atoms with E-state index in [1.165, 1.54) is 161 Å². The van der Waals surface area contributed by atoms with Crippen LogP contribution in [0.2, 0.25) is 0 Å². The van der Waals surface area contributed by atoms with Crippen LogP contribution in [0.4, 0.5) is 0 Å². The molecule has 3 N–H and O–H groups in total. The van der Waals surface area contributed by atoms with Gasteiger partial charge < -0.3 is 15.5 Å². The molecule has 2 atom stereocenters. The molecule has 0 heterocycles. The maximum Gasteiger partial charge on any atom is 0.220 e. The standard InChI is InChI=1S/C49H91NO3/c1-3-5-7-9-11-13-15-16-17-18-19-20-21-22-23-24-25-26-27-28-29-30-31-32-33-34-35-37-39-41-43-45-49(53)50-47(46-51)48(52)44-42-40-38-36-14-12-10-8-6-4-2/h5,7,11,13,16-17,19-20,47-48,51-52H,3-4,6,8-10,12,14-15,18,21-46H2,1-2H3,(H,50,53)/b7-5-,13-11-,17-16-,20-19-. The van der Waals surface area contributed by atoms with Gasteiger partial charge in [0.25, 0.3) is 0 Å². The van der Waals surface area contributed by atoms with Gasteiger partial charge in [-0.25, -0.2) is 0 Å². The van der Waals surface area contributed by atoms with E-state index in [4.69, 9.17) is 0 Å². The lowest BCUT2D eigenvalue weighted by molar-refractivity contribution is -0.123. The SMILES string of the molecule is CC/C=C\C/C=C\C/C=C\C/C=C\CCCCCCCCCCCCCCCCCCCCC(=O)NC(CO)C(O)CCCCCCCCCCCC. The minimum Gasteiger partial charge on any atom is -0.394 e. The van der Waals surface area contributed by atoms with Gasteiger partial charge in [-0.05, 0) is 51.4 Å². The highest BCUT2D eigenvalue weighted by Gasteiger charge is 2.20. The molecular weight excluding hydrogens is 651 g/mol. The van der Waals surface area contributed by atoms with Crippen molar-refractivity contribution in [2.75, 3.05) is 6.61 Å². The zero-order valence-corrected chi connectivity index (χ0v) is 35.5. The van der Waals surface area contributed by atoms with Crippen LogP contribution in [-0.2, 0) is 4.79 Å². The molecule has 1 amide bonds. The molecule has 0 saturated heterocycles. The average molecular weight is 742 g/mol. The molecule has 0 radical (unpaired) electrons. The van der Waals surface area contributed by atoms with E-state index >= 15 is 0 Å². The third-order valence-corrected chi connectivity index (χ3v) is 10.6. The molecule has 0 aromatic heterocycles. The summed E-state index contributed by atoms with van der Waals surface area (Å²) in [4.78, 5) is 12.4. The van der Waals surface area contributed by atoms with Gasteiger partial charge in [-0.3, -0.25) is 4.79 Å². The Morgan fingerprint density at radius 3 is 1.25 bits per heavy atom. The molecule has 4 nitrogen and oxygen atoms in total. The summed E-state index contributed by atoms with van der Waals surface area (Å²) in [5.74, 6) is -0.0321. The summed E-state index contributed by atoms with van der Waals surface area (Å²) in [5.41, 5.74) is 0. The zero-order chi connectivity index (χ0) is 38.6. The van der Waals surface area contributed by atoms with Crippen LogP contribution in [0.1, 0.15) is 239 Å². The van der Waals surface area contributed by atoms with Gasteiger partial charge in [0.1, 0.15) is 0 Å². The Morgan fingerprint density at radius 1 is 0.472 bits per heavy atom. The number of aliphatic hydroxyl groups is 2. The minimum absolute atomic E-state index is 0.0321. The van der Waals surface area contributed by atoms with E-state index in [9.17, 15) is 15.0 Å². The van der Waals surface area contributed by atoms with Gasteiger partial charge in [-0.2, -0.15) is 0 Å². The molecule has 0 rings (SSSR count). The van der Waals surface area contributed by atoms with Gasteiger partial charge in [0.15, 0.2) is 0 Å². The number of hydrogen-bond donors (Lipinski definition) is 3. The van der Waals surface area contributed by atoms with Gasteiger partial charge in [-0.15, -0.1) is 0 Å². The van der Waals surface area contributed by atoms with Crippen molar-refractivity contribution in [2.24, 2.45) is 0 Å². The Kier molecular flexibility index (Phi) is 43.4. The van der Waals surface area contributed by atoms with Crippen molar-refractivity contribution in [3.05, 3.63) is 48.6 Å². The lowest BCUT2D eigenvalue weighted by Gasteiger charge is -2.22. The normalized spacial score (nSPS) is 13.4. The molecule has 0 aliphatic rings. The van der Waals surface area contributed by atoms with Crippen LogP contribution in [0.3, 0.4) is 0 Å². The Balaban J connectivity index is 3.42. The molecule has 0 aromatic rings. The van der Waals surface area contributed by atoms with Crippen LogP contribution in [0.15, 0.2) is 48.6 Å². The van der Waals surface area contributed by atoms with Crippen molar-refractivity contribution in [1.29, 1.82) is 0 Å². The van der Waals surface area contributed by atoms with Crippen LogP contribution in [0.5, 0.6) is 0 Å². The fourth-order valence-electron chi connectivity index (χ4n) is 7.06. The van der Waals surface area contributed by atoms with Crippen LogP contribution >= 0.6 is 0 Å². The van der Waals surface area contributed by atoms with E-state index in [1.807, 2.05) is 0 Å². The molecule has 0 aromatic carbocycles. The molecule has 53 heavy (non-hydrogen) atoms.